The summed E-state index contributed by atoms with van der Waals surface area (Å²) >= 11 is 0.776. The minimum atomic E-state index is -4.72. The molecule has 268 valence electrons. The SMILES string of the molecule is COc1ccc(CN(c2ncns2)S(=O)(=O)c2cc(F)c(OCC3CN(C(=O)OC(C)(C)C)CCC3c3ccc(C)cc3)cc2F)c(OC)c1. The Bertz CT molecular complexity index is 1900. The molecule has 0 spiro atoms. The van der Waals surface area contributed by atoms with Crippen LogP contribution in [0.2, 0.25) is 0 Å². The number of methoxy groups -OCH3 is 2. The van der Waals surface area contributed by atoms with Crippen LogP contribution in [-0.2, 0) is 21.3 Å². The lowest BCUT2D eigenvalue weighted by Gasteiger charge is -2.39. The van der Waals surface area contributed by atoms with Crippen molar-refractivity contribution >= 4 is 32.8 Å². The minimum absolute atomic E-state index is 0.0442. The Kier molecular flexibility index (Phi) is 11.2. The van der Waals surface area contributed by atoms with E-state index in [-0.39, 0.29) is 36.7 Å². The first kappa shape index (κ1) is 36.8. The Labute approximate surface area is 295 Å². The number of hydrogen-bond donors (Lipinski definition) is 0. The highest BCUT2D eigenvalue weighted by Crippen LogP contribution is 2.37. The van der Waals surface area contributed by atoms with Gasteiger partial charge in [0.05, 0.1) is 27.4 Å². The van der Waals surface area contributed by atoms with Gasteiger partial charge in [-0.05, 0) is 57.7 Å². The smallest absolute Gasteiger partial charge is 0.410 e. The second kappa shape index (κ2) is 15.2. The number of halogens is 2. The predicted molar refractivity (Wildman–Crippen MR) is 185 cm³/mol. The Morgan fingerprint density at radius 1 is 1.02 bits per heavy atom. The number of rotatable bonds is 11. The van der Waals surface area contributed by atoms with Gasteiger partial charge in [-0.15, -0.1) is 0 Å². The summed E-state index contributed by atoms with van der Waals surface area (Å²) in [6, 6.07) is 14.2. The number of hydrogen-bond acceptors (Lipinski definition) is 10. The van der Waals surface area contributed by atoms with Crippen molar-refractivity contribution < 1.29 is 40.9 Å². The number of likely N-dealkylation sites (tertiary alicyclic amines) is 1. The fourth-order valence-corrected chi connectivity index (χ4v) is 7.94. The van der Waals surface area contributed by atoms with E-state index in [0.717, 1.165) is 33.0 Å². The van der Waals surface area contributed by atoms with Crippen molar-refractivity contribution in [3.8, 4) is 17.2 Å². The number of amides is 1. The van der Waals surface area contributed by atoms with E-state index >= 15 is 8.78 Å². The van der Waals surface area contributed by atoms with Gasteiger partial charge in [-0.1, -0.05) is 29.8 Å². The lowest BCUT2D eigenvalue weighted by Crippen LogP contribution is -2.46. The van der Waals surface area contributed by atoms with E-state index in [1.807, 2.05) is 31.2 Å². The summed E-state index contributed by atoms with van der Waals surface area (Å²) in [5, 5.41) is -0.0583. The molecule has 11 nitrogen and oxygen atoms in total. The number of piperidine rings is 1. The molecular weight excluding hydrogens is 691 g/mol. The predicted octanol–water partition coefficient (Wildman–Crippen LogP) is 6.96. The zero-order valence-electron chi connectivity index (χ0n) is 28.7. The summed E-state index contributed by atoms with van der Waals surface area (Å²) in [6.07, 6.45) is 1.30. The van der Waals surface area contributed by atoms with Gasteiger partial charge < -0.3 is 23.8 Å². The maximum atomic E-state index is 15.8. The summed E-state index contributed by atoms with van der Waals surface area (Å²) < 4.78 is 86.3. The van der Waals surface area contributed by atoms with Gasteiger partial charge in [0.15, 0.2) is 11.6 Å². The maximum absolute atomic E-state index is 15.8. The van der Waals surface area contributed by atoms with Crippen molar-refractivity contribution in [2.45, 2.75) is 57.1 Å². The Morgan fingerprint density at radius 3 is 2.40 bits per heavy atom. The summed E-state index contributed by atoms with van der Waals surface area (Å²) in [4.78, 5) is 17.7. The van der Waals surface area contributed by atoms with Crippen molar-refractivity contribution in [2.24, 2.45) is 5.92 Å². The van der Waals surface area contributed by atoms with E-state index in [0.29, 0.717) is 36.1 Å². The van der Waals surface area contributed by atoms with Crippen LogP contribution in [0, 0.1) is 24.5 Å². The zero-order chi connectivity index (χ0) is 36.2. The molecule has 2 unspecified atom stereocenters. The van der Waals surface area contributed by atoms with Crippen molar-refractivity contribution in [1.29, 1.82) is 0 Å². The molecule has 0 radical (unpaired) electrons. The van der Waals surface area contributed by atoms with Crippen molar-refractivity contribution in [2.75, 3.05) is 38.2 Å². The average molecular weight is 731 g/mol. The van der Waals surface area contributed by atoms with Gasteiger partial charge in [0, 0.05) is 54.3 Å². The highest BCUT2D eigenvalue weighted by Gasteiger charge is 2.36. The van der Waals surface area contributed by atoms with Crippen LogP contribution in [-0.4, -0.2) is 68.3 Å². The first-order valence-corrected chi connectivity index (χ1v) is 18.1. The van der Waals surface area contributed by atoms with Crippen LogP contribution in [0.4, 0.5) is 18.7 Å². The number of carbonyl (C=O) groups is 1. The van der Waals surface area contributed by atoms with E-state index in [2.05, 4.69) is 9.36 Å². The topological polar surface area (TPSA) is 120 Å². The highest BCUT2D eigenvalue weighted by molar-refractivity contribution is 7.93. The molecule has 15 heteroatoms. The van der Waals surface area contributed by atoms with Gasteiger partial charge >= 0.3 is 6.09 Å². The average Bonchev–Trinajstić information content (AvgIpc) is 3.61. The van der Waals surface area contributed by atoms with E-state index < -0.39 is 44.0 Å². The number of nitrogens with zero attached hydrogens (tertiary/aromatic N) is 4. The number of sulfonamides is 1. The van der Waals surface area contributed by atoms with Gasteiger partial charge in [0.1, 0.15) is 34.1 Å². The molecule has 0 N–H and O–H groups in total. The monoisotopic (exact) mass is 730 g/mol. The molecule has 3 aromatic carbocycles. The third-order valence-electron chi connectivity index (χ3n) is 8.27. The summed E-state index contributed by atoms with van der Waals surface area (Å²) in [5.41, 5.74) is 1.86. The molecule has 4 aromatic rings. The van der Waals surface area contributed by atoms with E-state index in [4.69, 9.17) is 18.9 Å². The molecule has 1 aliphatic heterocycles. The lowest BCUT2D eigenvalue weighted by atomic mass is 9.80. The molecule has 50 heavy (non-hydrogen) atoms. The van der Waals surface area contributed by atoms with Gasteiger partial charge in [-0.2, -0.15) is 4.37 Å². The Balaban J connectivity index is 1.41. The molecule has 0 aliphatic carbocycles. The Hall–Kier alpha value is -4.50. The van der Waals surface area contributed by atoms with Gasteiger partial charge in [-0.3, -0.25) is 0 Å². The quantitative estimate of drug-likeness (QED) is 0.161. The lowest BCUT2D eigenvalue weighted by molar-refractivity contribution is 0.0110. The number of aromatic nitrogens is 2. The highest BCUT2D eigenvalue weighted by atomic mass is 32.2. The van der Waals surface area contributed by atoms with Crippen LogP contribution in [0.3, 0.4) is 0 Å². The van der Waals surface area contributed by atoms with Crippen LogP contribution in [0.5, 0.6) is 17.2 Å². The number of benzene rings is 3. The number of aryl methyl sites for hydroxylation is 1. The van der Waals surface area contributed by atoms with Crippen LogP contribution in [0.1, 0.15) is 49.8 Å². The van der Waals surface area contributed by atoms with Crippen molar-refractivity contribution in [3.05, 3.63) is 89.2 Å². The second-order valence-corrected chi connectivity index (χ2v) is 15.5. The first-order valence-electron chi connectivity index (χ1n) is 15.9. The number of carbonyl (C=O) groups excluding carboxylic acids is 1. The molecule has 1 amide bonds. The molecular formula is C35H40F2N4O7S2. The van der Waals surface area contributed by atoms with Crippen molar-refractivity contribution in [3.63, 3.8) is 0 Å². The van der Waals surface area contributed by atoms with Crippen LogP contribution < -0.4 is 18.5 Å². The molecule has 1 saturated heterocycles. The molecule has 1 fully saturated rings. The number of ether oxygens (including phenoxy) is 4. The maximum Gasteiger partial charge on any atom is 0.410 e. The van der Waals surface area contributed by atoms with Crippen molar-refractivity contribution in [1.82, 2.24) is 14.3 Å². The molecule has 0 bridgehead atoms. The zero-order valence-corrected chi connectivity index (χ0v) is 30.3. The fourth-order valence-electron chi connectivity index (χ4n) is 5.75. The summed E-state index contributed by atoms with van der Waals surface area (Å²) in [5.74, 6) is -2.30. The van der Waals surface area contributed by atoms with E-state index in [9.17, 15) is 13.2 Å². The fraction of sp³-hybridized carbons (Fsp3) is 0.400. The van der Waals surface area contributed by atoms with E-state index in [1.165, 1.54) is 20.5 Å². The summed E-state index contributed by atoms with van der Waals surface area (Å²) in [7, 11) is -1.83. The number of anilines is 1. The third kappa shape index (κ3) is 8.44. The minimum Gasteiger partial charge on any atom is -0.497 e. The molecule has 2 heterocycles. The second-order valence-electron chi connectivity index (χ2n) is 12.9. The molecule has 2 atom stereocenters. The first-order chi connectivity index (χ1) is 23.7. The van der Waals surface area contributed by atoms with E-state index in [1.54, 1.807) is 43.9 Å². The molecule has 5 rings (SSSR count). The van der Waals surface area contributed by atoms with Crippen LogP contribution in [0.25, 0.3) is 0 Å². The molecule has 1 aliphatic rings. The van der Waals surface area contributed by atoms with Crippen LogP contribution >= 0.6 is 11.5 Å². The standard InChI is InChI=1S/C35H40F2N4O7S2/c1-22-7-9-23(10-8-22)27-13-14-40(34(42)48-35(2,3)4)18-25(27)20-47-31-16-29(37)32(17-28(31)36)50(43,44)41(33-38-21-39-49-33)19-24-11-12-26(45-5)15-30(24)46-6/h7-12,15-17,21,25,27H,13-14,18-20H2,1-6H3. The Morgan fingerprint density at radius 2 is 1.76 bits per heavy atom. The molecule has 1 aromatic heterocycles. The van der Waals surface area contributed by atoms with Gasteiger partial charge in [0.25, 0.3) is 10.0 Å². The normalized spacial score (nSPS) is 16.5. The summed E-state index contributed by atoms with van der Waals surface area (Å²) in [6.45, 7) is 7.66. The largest absolute Gasteiger partial charge is 0.497 e. The third-order valence-corrected chi connectivity index (χ3v) is 10.8. The van der Waals surface area contributed by atoms with Gasteiger partial charge in [-0.25, -0.2) is 31.3 Å². The van der Waals surface area contributed by atoms with Gasteiger partial charge in [0.2, 0.25) is 5.13 Å². The van der Waals surface area contributed by atoms with Crippen LogP contribution in [0.15, 0.2) is 65.8 Å². The molecule has 0 saturated carbocycles.